The number of aromatic hydroxyl groups is 1. The van der Waals surface area contributed by atoms with Crippen LogP contribution in [0.1, 0.15) is 82.5 Å². The standard InChI is InChI=1S/C35H49NO11/c1-18-5-10-25-30(3,40)34(43)24(16-36(25)15-18)32(42)17-33-23(31(32,41)14-26(34)38)9-8-22-29(33,2)12-11-27(35(22,44)47-33)46-28(39)19-6-7-20(37)21(13-19)45-4/h6-7,13,18,22-27,37-38,40-44H,5,8-12,14-17H2,1-4H3/t18-,22-,23-,24-,25-,26-,27-,29-,30+,31+,32+,33+,34-,35-/m0/s1. The van der Waals surface area contributed by atoms with Crippen LogP contribution in [0.3, 0.4) is 0 Å². The Bertz CT molecular complexity index is 1510. The van der Waals surface area contributed by atoms with Crippen LogP contribution in [-0.4, -0.2) is 119 Å². The lowest BCUT2D eigenvalue weighted by Crippen LogP contribution is -2.85. The predicted octanol–water partition coefficient (Wildman–Crippen LogP) is 1.05. The second-order valence-electron chi connectivity index (χ2n) is 16.6. The van der Waals surface area contributed by atoms with Gasteiger partial charge in [0, 0.05) is 55.1 Å². The second-order valence-corrected chi connectivity index (χ2v) is 16.6. The zero-order chi connectivity index (χ0) is 33.7. The molecule has 12 nitrogen and oxygen atoms in total. The minimum absolute atomic E-state index is 0.105. The molecule has 4 bridgehead atoms. The highest BCUT2D eigenvalue weighted by atomic mass is 16.7. The molecule has 3 heterocycles. The van der Waals surface area contributed by atoms with Gasteiger partial charge < -0.3 is 50.0 Å². The minimum atomic E-state index is -2.10. The Morgan fingerprint density at radius 3 is 2.40 bits per heavy atom. The van der Waals surface area contributed by atoms with Crippen molar-refractivity contribution in [3.05, 3.63) is 23.8 Å². The lowest BCUT2D eigenvalue weighted by atomic mass is 9.49. The number of carbonyl (C=O) groups is 1. The Morgan fingerprint density at radius 2 is 1.68 bits per heavy atom. The average molecular weight is 660 g/mol. The summed E-state index contributed by atoms with van der Waals surface area (Å²) < 4.78 is 17.9. The quantitative estimate of drug-likeness (QED) is 0.229. The van der Waals surface area contributed by atoms with Crippen molar-refractivity contribution in [3.63, 3.8) is 0 Å². The van der Waals surface area contributed by atoms with E-state index in [-0.39, 0.29) is 42.9 Å². The third-order valence-electron chi connectivity index (χ3n) is 14.7. The van der Waals surface area contributed by atoms with E-state index >= 15 is 0 Å². The molecule has 7 N–H and O–H groups in total. The number of ether oxygens (including phenoxy) is 3. The molecule has 8 rings (SSSR count). The fraction of sp³-hybridized carbons (Fsp3) is 0.800. The summed E-state index contributed by atoms with van der Waals surface area (Å²) in [5.41, 5.74) is -9.60. The van der Waals surface area contributed by atoms with Crippen molar-refractivity contribution in [2.75, 3.05) is 20.2 Å². The Labute approximate surface area is 274 Å². The van der Waals surface area contributed by atoms with E-state index in [9.17, 15) is 40.5 Å². The highest BCUT2D eigenvalue weighted by molar-refractivity contribution is 5.90. The van der Waals surface area contributed by atoms with Gasteiger partial charge in [0.2, 0.25) is 5.79 Å². The number of hydrogen-bond donors (Lipinski definition) is 7. The smallest absolute Gasteiger partial charge is 0.338 e. The van der Waals surface area contributed by atoms with Crippen LogP contribution in [0.4, 0.5) is 0 Å². The van der Waals surface area contributed by atoms with E-state index in [2.05, 4.69) is 11.8 Å². The number of fused-ring (bicyclic) bond motifs is 5. The van der Waals surface area contributed by atoms with Gasteiger partial charge in [0.25, 0.3) is 0 Å². The first-order valence-electron chi connectivity index (χ1n) is 17.2. The lowest BCUT2D eigenvalue weighted by molar-refractivity contribution is -0.354. The summed E-state index contributed by atoms with van der Waals surface area (Å²) in [6.07, 6.45) is 0.0173. The third-order valence-corrected chi connectivity index (χ3v) is 14.7. The van der Waals surface area contributed by atoms with Crippen LogP contribution in [-0.2, 0) is 9.47 Å². The number of esters is 1. The van der Waals surface area contributed by atoms with Crippen LogP contribution in [0.5, 0.6) is 11.5 Å². The van der Waals surface area contributed by atoms with Crippen molar-refractivity contribution < 1.29 is 54.8 Å². The molecule has 7 fully saturated rings. The minimum Gasteiger partial charge on any atom is -0.504 e. The summed E-state index contributed by atoms with van der Waals surface area (Å²) in [4.78, 5) is 15.5. The number of nitrogens with zero attached hydrogens (tertiary/aromatic N) is 1. The first-order valence-corrected chi connectivity index (χ1v) is 17.2. The van der Waals surface area contributed by atoms with Crippen molar-refractivity contribution >= 4 is 5.97 Å². The van der Waals surface area contributed by atoms with Crippen LogP contribution in [0.2, 0.25) is 0 Å². The third kappa shape index (κ3) is 3.59. The molecule has 7 aliphatic rings. The Balaban J connectivity index is 1.17. The first-order chi connectivity index (χ1) is 21.9. The van der Waals surface area contributed by atoms with Gasteiger partial charge in [-0.2, -0.15) is 0 Å². The summed E-state index contributed by atoms with van der Waals surface area (Å²) in [6.45, 7) is 6.53. The van der Waals surface area contributed by atoms with E-state index in [0.717, 1.165) is 6.42 Å². The molecular weight excluding hydrogens is 610 g/mol. The van der Waals surface area contributed by atoms with Gasteiger partial charge in [-0.1, -0.05) is 13.8 Å². The molecule has 1 spiro atoms. The molecule has 0 radical (unpaired) electrons. The topological polar surface area (TPSA) is 190 Å². The number of phenolic OH excluding ortho intramolecular Hbond substituents is 1. The maximum Gasteiger partial charge on any atom is 0.338 e. The fourth-order valence-corrected chi connectivity index (χ4v) is 12.4. The lowest BCUT2D eigenvalue weighted by Gasteiger charge is -2.68. The van der Waals surface area contributed by atoms with Crippen molar-refractivity contribution in [3.8, 4) is 11.5 Å². The number of hydrogen-bond acceptors (Lipinski definition) is 12. The summed E-state index contributed by atoms with van der Waals surface area (Å²) in [5, 5.41) is 84.5. The number of phenols is 1. The average Bonchev–Trinajstić information content (AvgIpc) is 3.18. The molecule has 0 amide bonds. The first kappa shape index (κ1) is 32.2. The zero-order valence-electron chi connectivity index (χ0n) is 27.6. The van der Waals surface area contributed by atoms with Crippen molar-refractivity contribution in [2.24, 2.45) is 29.1 Å². The van der Waals surface area contributed by atoms with Crippen LogP contribution < -0.4 is 4.74 Å². The Morgan fingerprint density at radius 1 is 0.957 bits per heavy atom. The Hall–Kier alpha value is -2.03. The maximum atomic E-state index is 13.4. The van der Waals surface area contributed by atoms with E-state index in [1.807, 2.05) is 6.92 Å². The van der Waals surface area contributed by atoms with E-state index in [1.54, 1.807) is 6.92 Å². The number of aliphatic hydroxyl groups is 6. The molecule has 4 aliphatic carbocycles. The number of carbonyl (C=O) groups excluding carboxylic acids is 1. The Kier molecular flexibility index (Phi) is 6.57. The second kappa shape index (κ2) is 9.60. The monoisotopic (exact) mass is 659 g/mol. The van der Waals surface area contributed by atoms with Gasteiger partial charge in [-0.05, 0) is 69.6 Å². The molecule has 14 atom stereocenters. The SMILES string of the molecule is COc1cc(C(=O)O[C@H]2CC[C@@]3(C)[C@@H]4CC[C@H]5[C@]6(O)C[C@H](O)[C@@]7(O)[C@@H](CN8C[C@@H](C)CC[C@H]8[C@@]7(C)O)[C@]6(O)C[C@@]53O[C@]24O)ccc1O. The summed E-state index contributed by atoms with van der Waals surface area (Å²) >= 11 is 0. The molecule has 4 saturated carbocycles. The zero-order valence-corrected chi connectivity index (χ0v) is 27.6. The molecule has 3 saturated heterocycles. The van der Waals surface area contributed by atoms with E-state index in [0.29, 0.717) is 38.1 Å². The number of benzene rings is 1. The van der Waals surface area contributed by atoms with Gasteiger partial charge in [-0.25, -0.2) is 4.79 Å². The van der Waals surface area contributed by atoms with Gasteiger partial charge in [0.05, 0.1) is 24.4 Å². The van der Waals surface area contributed by atoms with Crippen LogP contribution >= 0.6 is 0 Å². The maximum absolute atomic E-state index is 13.4. The number of methoxy groups -OCH3 is 1. The fourth-order valence-electron chi connectivity index (χ4n) is 12.4. The largest absolute Gasteiger partial charge is 0.504 e. The van der Waals surface area contributed by atoms with Crippen LogP contribution in [0, 0.1) is 29.1 Å². The normalized spacial score (nSPS) is 54.6. The number of piperidine rings is 2. The molecule has 0 unspecified atom stereocenters. The number of rotatable bonds is 3. The molecule has 3 aliphatic heterocycles. The van der Waals surface area contributed by atoms with Gasteiger partial charge in [-0.3, -0.25) is 4.90 Å². The molecule has 260 valence electrons. The van der Waals surface area contributed by atoms with Crippen molar-refractivity contribution in [1.29, 1.82) is 0 Å². The molecule has 12 heteroatoms. The summed E-state index contributed by atoms with van der Waals surface area (Å²) in [6, 6.07) is 3.69. The predicted molar refractivity (Wildman–Crippen MR) is 164 cm³/mol. The molecule has 1 aromatic rings. The molecular formula is C35H49NO11. The van der Waals surface area contributed by atoms with Crippen LogP contribution in [0.15, 0.2) is 18.2 Å². The van der Waals surface area contributed by atoms with Crippen molar-refractivity contribution in [2.45, 2.75) is 124 Å². The highest BCUT2D eigenvalue weighted by Crippen LogP contribution is 2.78. The summed E-state index contributed by atoms with van der Waals surface area (Å²) in [7, 11) is 1.37. The molecule has 47 heavy (non-hydrogen) atoms. The van der Waals surface area contributed by atoms with E-state index < -0.39 is 81.2 Å². The summed E-state index contributed by atoms with van der Waals surface area (Å²) in [5.74, 6) is -4.61. The van der Waals surface area contributed by atoms with Gasteiger partial charge in [0.15, 0.2) is 17.6 Å². The van der Waals surface area contributed by atoms with Gasteiger partial charge in [0.1, 0.15) is 22.4 Å². The van der Waals surface area contributed by atoms with Gasteiger partial charge in [-0.15, -0.1) is 0 Å². The van der Waals surface area contributed by atoms with Crippen molar-refractivity contribution in [1.82, 2.24) is 4.90 Å². The van der Waals surface area contributed by atoms with E-state index in [4.69, 9.17) is 14.2 Å². The van der Waals surface area contributed by atoms with E-state index in [1.165, 1.54) is 25.3 Å². The van der Waals surface area contributed by atoms with Gasteiger partial charge >= 0.3 is 5.97 Å². The highest BCUT2D eigenvalue weighted by Gasteiger charge is 2.88. The molecule has 1 aromatic carbocycles. The number of aliphatic hydroxyl groups excluding tert-OH is 1. The molecule has 0 aromatic heterocycles. The van der Waals surface area contributed by atoms with Crippen LogP contribution in [0.25, 0.3) is 0 Å².